The van der Waals surface area contributed by atoms with Crippen LogP contribution < -0.4 is 10.1 Å². The standard InChI is InChI=1S/C34H44N4O5/c1-33-18-34(19-33,20-33)32(42)36-12-10-21(11-13-36)23-15-37(16-23)26-4-2-3-5-28(26)43-24-6-7-25-22(14-24)17-38(31(25)41)27-8-9-29(39)35-30(27)40/h6-7,14,21,23,26-28H,2-5,8-13,15-20H2,1H3,(H,35,39,40)/t26-,27?,28-,33?,34?/m0/s1. The second kappa shape index (κ2) is 10.0. The Bertz CT molecular complexity index is 1340. The molecule has 9 nitrogen and oxygen atoms in total. The lowest BCUT2D eigenvalue weighted by Crippen LogP contribution is -2.67. The Balaban J connectivity index is 0.850. The Morgan fingerprint density at radius 1 is 0.953 bits per heavy atom. The summed E-state index contributed by atoms with van der Waals surface area (Å²) in [5.74, 6) is 1.87. The van der Waals surface area contributed by atoms with E-state index in [1.165, 1.54) is 6.42 Å². The fourth-order valence-corrected chi connectivity index (χ4v) is 9.98. The molecule has 3 atom stereocenters. The molecule has 0 radical (unpaired) electrons. The molecule has 230 valence electrons. The third-order valence-electron chi connectivity index (χ3n) is 12.1. The number of imide groups is 1. The van der Waals surface area contributed by atoms with Crippen LogP contribution in [0.25, 0.3) is 0 Å². The Labute approximate surface area is 253 Å². The van der Waals surface area contributed by atoms with Crippen LogP contribution in [0.15, 0.2) is 18.2 Å². The van der Waals surface area contributed by atoms with Gasteiger partial charge in [0.1, 0.15) is 17.9 Å². The Kier molecular flexibility index (Phi) is 6.45. The maximum absolute atomic E-state index is 13.1. The number of ether oxygens (including phenoxy) is 1. The minimum Gasteiger partial charge on any atom is -0.489 e. The minimum absolute atomic E-state index is 0.0200. The Hall–Kier alpha value is -2.94. The van der Waals surface area contributed by atoms with Crippen molar-refractivity contribution in [3.05, 3.63) is 29.3 Å². The van der Waals surface area contributed by atoms with E-state index in [0.29, 0.717) is 35.9 Å². The molecule has 8 aliphatic rings. The largest absolute Gasteiger partial charge is 0.489 e. The summed E-state index contributed by atoms with van der Waals surface area (Å²) in [6.45, 7) is 6.83. The van der Waals surface area contributed by atoms with E-state index in [9.17, 15) is 19.2 Å². The van der Waals surface area contributed by atoms with Crippen LogP contribution in [-0.2, 0) is 20.9 Å². The summed E-state index contributed by atoms with van der Waals surface area (Å²) in [4.78, 5) is 56.6. The molecule has 4 amide bonds. The van der Waals surface area contributed by atoms with Crippen LogP contribution in [0.1, 0.15) is 93.5 Å². The summed E-state index contributed by atoms with van der Waals surface area (Å²) < 4.78 is 6.64. The van der Waals surface area contributed by atoms with E-state index in [1.807, 2.05) is 18.2 Å². The third kappa shape index (κ3) is 4.59. The number of likely N-dealkylation sites (tertiary alicyclic amines) is 2. The minimum atomic E-state index is -0.603. The van der Waals surface area contributed by atoms with Crippen molar-refractivity contribution in [1.82, 2.24) is 20.0 Å². The maximum Gasteiger partial charge on any atom is 0.255 e. The quantitative estimate of drug-likeness (QED) is 0.511. The van der Waals surface area contributed by atoms with Crippen molar-refractivity contribution < 1.29 is 23.9 Å². The number of carbonyl (C=O) groups excluding carboxylic acids is 4. The van der Waals surface area contributed by atoms with Crippen molar-refractivity contribution in [2.24, 2.45) is 22.7 Å². The highest BCUT2D eigenvalue weighted by Crippen LogP contribution is 2.73. The zero-order valence-corrected chi connectivity index (χ0v) is 25.3. The van der Waals surface area contributed by atoms with Crippen LogP contribution >= 0.6 is 0 Å². The van der Waals surface area contributed by atoms with Crippen molar-refractivity contribution in [2.75, 3.05) is 26.2 Å². The number of hydrogen-bond acceptors (Lipinski definition) is 6. The molecule has 9 heteroatoms. The third-order valence-corrected chi connectivity index (χ3v) is 12.1. The summed E-state index contributed by atoms with van der Waals surface area (Å²) in [6, 6.07) is 5.52. The summed E-state index contributed by atoms with van der Waals surface area (Å²) in [5, 5.41) is 2.37. The van der Waals surface area contributed by atoms with Gasteiger partial charge >= 0.3 is 0 Å². The van der Waals surface area contributed by atoms with Crippen molar-refractivity contribution in [3.8, 4) is 5.75 Å². The van der Waals surface area contributed by atoms with Crippen molar-refractivity contribution in [3.63, 3.8) is 0 Å². The molecule has 2 bridgehead atoms. The Morgan fingerprint density at radius 2 is 1.70 bits per heavy atom. The molecule has 1 unspecified atom stereocenters. The molecule has 4 heterocycles. The highest BCUT2D eigenvalue weighted by atomic mass is 16.5. The van der Waals surface area contributed by atoms with Gasteiger partial charge < -0.3 is 14.5 Å². The molecule has 4 aliphatic heterocycles. The lowest BCUT2D eigenvalue weighted by molar-refractivity contribution is -0.210. The van der Waals surface area contributed by atoms with Crippen LogP contribution in [0, 0.1) is 22.7 Å². The van der Waals surface area contributed by atoms with Crippen LogP contribution in [0.2, 0.25) is 0 Å². The van der Waals surface area contributed by atoms with E-state index in [4.69, 9.17) is 4.74 Å². The number of benzene rings is 1. The number of hydrogen-bond donors (Lipinski definition) is 1. The number of rotatable bonds is 6. The van der Waals surface area contributed by atoms with E-state index in [1.54, 1.807) is 4.90 Å². The number of fused-ring (bicyclic) bond motifs is 1. The lowest BCUT2D eigenvalue weighted by Gasteiger charge is -2.69. The van der Waals surface area contributed by atoms with Crippen molar-refractivity contribution in [1.29, 1.82) is 0 Å². The topological polar surface area (TPSA) is 99.3 Å². The molecule has 1 N–H and O–H groups in total. The van der Waals surface area contributed by atoms with Gasteiger partial charge in [0.15, 0.2) is 0 Å². The van der Waals surface area contributed by atoms with Gasteiger partial charge in [0.05, 0.1) is 5.41 Å². The lowest BCUT2D eigenvalue weighted by atomic mass is 9.35. The van der Waals surface area contributed by atoms with Gasteiger partial charge in [0, 0.05) is 50.7 Å². The van der Waals surface area contributed by atoms with Gasteiger partial charge in [-0.2, -0.15) is 0 Å². The molecule has 9 rings (SSSR count). The van der Waals surface area contributed by atoms with Gasteiger partial charge in [-0.15, -0.1) is 0 Å². The normalized spacial score (nSPS) is 36.4. The fourth-order valence-electron chi connectivity index (χ4n) is 9.98. The molecule has 3 saturated heterocycles. The first-order valence-corrected chi connectivity index (χ1v) is 16.7. The first-order valence-electron chi connectivity index (χ1n) is 16.7. The van der Waals surface area contributed by atoms with Crippen LogP contribution in [0.5, 0.6) is 5.75 Å². The van der Waals surface area contributed by atoms with Gasteiger partial charge in [-0.3, -0.25) is 29.4 Å². The number of nitrogens with zero attached hydrogens (tertiary/aromatic N) is 3. The van der Waals surface area contributed by atoms with Crippen LogP contribution in [-0.4, -0.2) is 82.7 Å². The SMILES string of the molecule is CC12CC(C(=O)N3CCC(C4CN([C@H]5CCCC[C@@H]5Oc5ccc6c(c5)CN(C5CCC(=O)NC5=O)C6=O)C4)CC3)(C1)C2. The zero-order chi connectivity index (χ0) is 29.5. The smallest absolute Gasteiger partial charge is 0.255 e. The summed E-state index contributed by atoms with van der Waals surface area (Å²) in [6.07, 6.45) is 11.0. The second-order valence-electron chi connectivity index (χ2n) is 15.2. The molecule has 1 aromatic rings. The van der Waals surface area contributed by atoms with Crippen LogP contribution in [0.3, 0.4) is 0 Å². The fraction of sp³-hybridized carbons (Fsp3) is 0.706. The van der Waals surface area contributed by atoms with E-state index < -0.39 is 6.04 Å². The first kappa shape index (κ1) is 27.6. The molecule has 0 aromatic heterocycles. The highest BCUT2D eigenvalue weighted by molar-refractivity contribution is 6.05. The predicted molar refractivity (Wildman–Crippen MR) is 158 cm³/mol. The molecule has 1 aromatic carbocycles. The van der Waals surface area contributed by atoms with Gasteiger partial charge in [-0.1, -0.05) is 13.3 Å². The average molecular weight is 589 g/mol. The van der Waals surface area contributed by atoms with Crippen molar-refractivity contribution >= 4 is 23.6 Å². The van der Waals surface area contributed by atoms with E-state index in [0.717, 1.165) is 101 Å². The summed E-state index contributed by atoms with van der Waals surface area (Å²) >= 11 is 0. The molecule has 0 spiro atoms. The van der Waals surface area contributed by atoms with Gasteiger partial charge in [-0.05, 0) is 98.8 Å². The number of piperidine rings is 2. The maximum atomic E-state index is 13.1. The number of nitrogens with one attached hydrogen (secondary N) is 1. The summed E-state index contributed by atoms with van der Waals surface area (Å²) in [7, 11) is 0. The summed E-state index contributed by atoms with van der Waals surface area (Å²) in [5.41, 5.74) is 2.00. The predicted octanol–water partition coefficient (Wildman–Crippen LogP) is 3.50. The molecular weight excluding hydrogens is 544 g/mol. The Morgan fingerprint density at radius 3 is 2.42 bits per heavy atom. The van der Waals surface area contributed by atoms with E-state index in [-0.39, 0.29) is 35.7 Å². The second-order valence-corrected chi connectivity index (χ2v) is 15.2. The van der Waals surface area contributed by atoms with E-state index >= 15 is 0 Å². The van der Waals surface area contributed by atoms with Gasteiger partial charge in [0.25, 0.3) is 5.91 Å². The van der Waals surface area contributed by atoms with Gasteiger partial charge in [-0.25, -0.2) is 0 Å². The highest BCUT2D eigenvalue weighted by Gasteiger charge is 2.69. The molecule has 7 fully saturated rings. The number of amides is 4. The molecule has 4 saturated carbocycles. The first-order chi connectivity index (χ1) is 20.7. The average Bonchev–Trinajstić information content (AvgIpc) is 3.26. The van der Waals surface area contributed by atoms with Gasteiger partial charge in [0.2, 0.25) is 17.7 Å². The van der Waals surface area contributed by atoms with E-state index in [2.05, 4.69) is 22.0 Å². The van der Waals surface area contributed by atoms with Crippen LogP contribution in [0.4, 0.5) is 0 Å². The number of carbonyl (C=O) groups is 4. The zero-order valence-electron chi connectivity index (χ0n) is 25.3. The molecule has 4 aliphatic carbocycles. The monoisotopic (exact) mass is 588 g/mol. The van der Waals surface area contributed by atoms with Crippen molar-refractivity contribution in [2.45, 2.75) is 102 Å². The molecular formula is C34H44N4O5. The molecule has 43 heavy (non-hydrogen) atoms.